The van der Waals surface area contributed by atoms with Crippen molar-refractivity contribution in [2.75, 3.05) is 18.9 Å². The maximum Gasteiger partial charge on any atom is 0.153 e. The summed E-state index contributed by atoms with van der Waals surface area (Å²) in [7, 11) is 0. The van der Waals surface area contributed by atoms with E-state index < -0.39 is 0 Å². The van der Waals surface area contributed by atoms with Crippen molar-refractivity contribution in [2.24, 2.45) is 0 Å². The Morgan fingerprint density at radius 1 is 1.32 bits per heavy atom. The molecule has 1 fully saturated rings. The highest BCUT2D eigenvalue weighted by atomic mass is 79.9. The normalized spacial score (nSPS) is 19.5. The van der Waals surface area contributed by atoms with Gasteiger partial charge in [-0.2, -0.15) is 5.10 Å². The number of nitrogens with two attached hydrogens (primary N) is 1. The van der Waals surface area contributed by atoms with Crippen LogP contribution in [-0.2, 0) is 4.74 Å². The average molecular weight is 322 g/mol. The lowest BCUT2D eigenvalue weighted by Crippen LogP contribution is -2.16. The molecule has 1 aromatic heterocycles. The van der Waals surface area contributed by atoms with Gasteiger partial charge in [-0.25, -0.2) is 0 Å². The van der Waals surface area contributed by atoms with E-state index in [9.17, 15) is 0 Å². The standard InChI is InChI=1S/C14H16BrN3O/c15-11-5-3-9(4-6-11)12-13(17-18-14(12)16)10-2-1-7-19-8-10/h3-6,10H,1-2,7-8H2,(H3,16,17,18). The van der Waals surface area contributed by atoms with E-state index in [4.69, 9.17) is 10.5 Å². The molecule has 2 heterocycles. The van der Waals surface area contributed by atoms with Gasteiger partial charge in [0.25, 0.3) is 0 Å². The number of hydrogen-bond donors (Lipinski definition) is 2. The van der Waals surface area contributed by atoms with Crippen molar-refractivity contribution < 1.29 is 4.74 Å². The number of anilines is 1. The first-order valence-electron chi connectivity index (χ1n) is 6.43. The van der Waals surface area contributed by atoms with Crippen LogP contribution >= 0.6 is 15.9 Å². The van der Waals surface area contributed by atoms with Crippen LogP contribution in [0.3, 0.4) is 0 Å². The molecule has 0 spiro atoms. The molecular weight excluding hydrogens is 306 g/mol. The van der Waals surface area contributed by atoms with Crippen molar-refractivity contribution in [3.05, 3.63) is 34.4 Å². The van der Waals surface area contributed by atoms with Gasteiger partial charge in [-0.15, -0.1) is 0 Å². The second kappa shape index (κ2) is 5.35. The smallest absolute Gasteiger partial charge is 0.153 e. The zero-order valence-electron chi connectivity index (χ0n) is 10.5. The van der Waals surface area contributed by atoms with Gasteiger partial charge in [-0.05, 0) is 30.5 Å². The Bertz CT molecular complexity index is 559. The van der Waals surface area contributed by atoms with E-state index in [0.29, 0.717) is 11.7 Å². The zero-order chi connectivity index (χ0) is 13.2. The number of aromatic amines is 1. The second-order valence-corrected chi connectivity index (χ2v) is 5.73. The van der Waals surface area contributed by atoms with E-state index in [1.165, 1.54) is 0 Å². The maximum atomic E-state index is 6.02. The van der Waals surface area contributed by atoms with Crippen LogP contribution in [0, 0.1) is 0 Å². The third-order valence-corrected chi connectivity index (χ3v) is 4.05. The molecule has 0 amide bonds. The molecule has 1 aromatic carbocycles. The van der Waals surface area contributed by atoms with Crippen LogP contribution in [0.2, 0.25) is 0 Å². The fourth-order valence-electron chi connectivity index (χ4n) is 2.55. The summed E-state index contributed by atoms with van der Waals surface area (Å²) in [5, 5.41) is 7.27. The van der Waals surface area contributed by atoms with Crippen LogP contribution in [-0.4, -0.2) is 23.4 Å². The highest BCUT2D eigenvalue weighted by Crippen LogP contribution is 2.36. The summed E-state index contributed by atoms with van der Waals surface area (Å²) in [6.07, 6.45) is 2.20. The zero-order valence-corrected chi connectivity index (χ0v) is 12.1. The number of H-pyrrole nitrogens is 1. The summed E-state index contributed by atoms with van der Waals surface area (Å²) in [5.41, 5.74) is 9.23. The van der Waals surface area contributed by atoms with Crippen LogP contribution in [0.5, 0.6) is 0 Å². The molecule has 0 aliphatic carbocycles. The minimum absolute atomic E-state index is 0.359. The Morgan fingerprint density at radius 3 is 2.79 bits per heavy atom. The average Bonchev–Trinajstić information content (AvgIpc) is 2.83. The summed E-state index contributed by atoms with van der Waals surface area (Å²) >= 11 is 3.45. The first-order chi connectivity index (χ1) is 9.25. The highest BCUT2D eigenvalue weighted by Gasteiger charge is 2.23. The van der Waals surface area contributed by atoms with Crippen LogP contribution in [0.15, 0.2) is 28.7 Å². The Labute approximate surface area is 120 Å². The molecule has 100 valence electrons. The Hall–Kier alpha value is -1.33. The molecule has 1 aliphatic rings. The van der Waals surface area contributed by atoms with Gasteiger partial charge in [0.1, 0.15) is 0 Å². The number of hydrogen-bond acceptors (Lipinski definition) is 3. The van der Waals surface area contributed by atoms with Crippen LogP contribution < -0.4 is 5.73 Å². The third-order valence-electron chi connectivity index (χ3n) is 3.52. The van der Waals surface area contributed by atoms with E-state index in [1.807, 2.05) is 12.1 Å². The minimum atomic E-state index is 0.359. The van der Waals surface area contributed by atoms with Crippen molar-refractivity contribution in [2.45, 2.75) is 18.8 Å². The number of ether oxygens (including phenoxy) is 1. The predicted octanol–water partition coefficient (Wildman–Crippen LogP) is 3.32. The molecule has 3 rings (SSSR count). The summed E-state index contributed by atoms with van der Waals surface area (Å²) in [6, 6.07) is 8.14. The van der Waals surface area contributed by atoms with Crippen molar-refractivity contribution in [1.29, 1.82) is 0 Å². The molecule has 1 aliphatic heterocycles. The summed E-state index contributed by atoms with van der Waals surface area (Å²) in [4.78, 5) is 0. The maximum absolute atomic E-state index is 6.02. The van der Waals surface area contributed by atoms with Crippen molar-refractivity contribution >= 4 is 21.7 Å². The predicted molar refractivity (Wildman–Crippen MR) is 78.9 cm³/mol. The number of nitrogen functional groups attached to an aromatic ring is 1. The van der Waals surface area contributed by atoms with E-state index >= 15 is 0 Å². The monoisotopic (exact) mass is 321 g/mol. The summed E-state index contributed by atoms with van der Waals surface area (Å²) in [6.45, 7) is 1.60. The van der Waals surface area contributed by atoms with Crippen LogP contribution in [0.1, 0.15) is 24.5 Å². The topological polar surface area (TPSA) is 63.9 Å². The highest BCUT2D eigenvalue weighted by molar-refractivity contribution is 9.10. The van der Waals surface area contributed by atoms with E-state index in [1.54, 1.807) is 0 Å². The van der Waals surface area contributed by atoms with Gasteiger partial charge in [-0.3, -0.25) is 5.10 Å². The number of rotatable bonds is 2. The molecule has 0 radical (unpaired) electrons. The SMILES string of the molecule is Nc1n[nH]c(C2CCCOC2)c1-c1ccc(Br)cc1. The fraction of sp³-hybridized carbons (Fsp3) is 0.357. The van der Waals surface area contributed by atoms with E-state index in [-0.39, 0.29) is 0 Å². The number of aromatic nitrogens is 2. The molecule has 1 unspecified atom stereocenters. The van der Waals surface area contributed by atoms with Gasteiger partial charge >= 0.3 is 0 Å². The molecule has 5 heteroatoms. The molecule has 4 nitrogen and oxygen atoms in total. The van der Waals surface area contributed by atoms with Gasteiger partial charge in [0.15, 0.2) is 5.82 Å². The molecule has 1 saturated heterocycles. The summed E-state index contributed by atoms with van der Waals surface area (Å²) in [5.74, 6) is 0.917. The molecule has 0 bridgehead atoms. The molecule has 0 saturated carbocycles. The Morgan fingerprint density at radius 2 is 2.11 bits per heavy atom. The third kappa shape index (κ3) is 2.53. The number of nitrogens with one attached hydrogen (secondary N) is 1. The Kier molecular flexibility index (Phi) is 3.57. The fourth-order valence-corrected chi connectivity index (χ4v) is 2.82. The van der Waals surface area contributed by atoms with Crippen LogP contribution in [0.25, 0.3) is 11.1 Å². The minimum Gasteiger partial charge on any atom is -0.382 e. The van der Waals surface area contributed by atoms with Crippen molar-refractivity contribution in [3.8, 4) is 11.1 Å². The van der Waals surface area contributed by atoms with Gasteiger partial charge in [0, 0.05) is 22.6 Å². The molecule has 3 N–H and O–H groups in total. The van der Waals surface area contributed by atoms with Gasteiger partial charge < -0.3 is 10.5 Å². The van der Waals surface area contributed by atoms with E-state index in [2.05, 4.69) is 38.3 Å². The second-order valence-electron chi connectivity index (χ2n) is 4.82. The van der Waals surface area contributed by atoms with Gasteiger partial charge in [0.05, 0.1) is 12.3 Å². The lowest BCUT2D eigenvalue weighted by Gasteiger charge is -2.22. The molecular formula is C14H16BrN3O. The Balaban J connectivity index is 2.00. The van der Waals surface area contributed by atoms with Gasteiger partial charge in [0.2, 0.25) is 0 Å². The number of halogens is 1. The lowest BCUT2D eigenvalue weighted by molar-refractivity contribution is 0.0794. The first-order valence-corrected chi connectivity index (χ1v) is 7.22. The molecule has 1 atom stereocenters. The number of benzene rings is 1. The summed E-state index contributed by atoms with van der Waals surface area (Å²) < 4.78 is 6.62. The van der Waals surface area contributed by atoms with Crippen LogP contribution in [0.4, 0.5) is 5.82 Å². The van der Waals surface area contributed by atoms with Crippen molar-refractivity contribution in [1.82, 2.24) is 10.2 Å². The van der Waals surface area contributed by atoms with E-state index in [0.717, 1.165) is 47.3 Å². The molecule has 19 heavy (non-hydrogen) atoms. The lowest BCUT2D eigenvalue weighted by atomic mass is 9.93. The largest absolute Gasteiger partial charge is 0.382 e. The van der Waals surface area contributed by atoms with Crippen molar-refractivity contribution in [3.63, 3.8) is 0 Å². The number of nitrogens with zero attached hydrogens (tertiary/aromatic N) is 1. The first kappa shape index (κ1) is 12.7. The quantitative estimate of drug-likeness (QED) is 0.891. The van der Waals surface area contributed by atoms with Gasteiger partial charge in [-0.1, -0.05) is 28.1 Å². The molecule has 2 aromatic rings.